The number of hydrogen-bond acceptors (Lipinski definition) is 15. The number of phosphoric ester groups is 2. The van der Waals surface area contributed by atoms with E-state index in [9.17, 15) is 43.2 Å². The van der Waals surface area contributed by atoms with Crippen LogP contribution in [0.3, 0.4) is 0 Å². The first-order valence-electron chi connectivity index (χ1n) is 38.5. The van der Waals surface area contributed by atoms with Crippen LogP contribution in [-0.4, -0.2) is 96.7 Å². The zero-order valence-corrected chi connectivity index (χ0v) is 62.3. The molecule has 0 amide bonds. The molecule has 0 radical (unpaired) electrons. The maximum absolute atomic E-state index is 13.1. The number of carbonyl (C=O) groups excluding carboxylic acids is 4. The Morgan fingerprint density at radius 2 is 0.495 bits per heavy atom. The van der Waals surface area contributed by atoms with Crippen molar-refractivity contribution in [2.75, 3.05) is 39.6 Å². The highest BCUT2D eigenvalue weighted by Gasteiger charge is 2.30. The molecule has 0 aliphatic carbocycles. The van der Waals surface area contributed by atoms with Crippen molar-refractivity contribution in [3.05, 3.63) is 0 Å². The molecule has 0 saturated carbocycles. The number of hydrogen-bond donors (Lipinski definition) is 3. The van der Waals surface area contributed by atoms with Crippen LogP contribution in [0.25, 0.3) is 0 Å². The van der Waals surface area contributed by atoms with Crippen molar-refractivity contribution >= 4 is 39.5 Å². The van der Waals surface area contributed by atoms with Crippen LogP contribution in [-0.2, 0) is 65.4 Å². The van der Waals surface area contributed by atoms with Crippen molar-refractivity contribution in [2.24, 2.45) is 11.8 Å². The van der Waals surface area contributed by atoms with Crippen LogP contribution >= 0.6 is 15.6 Å². The Morgan fingerprint density at radius 1 is 0.290 bits per heavy atom. The van der Waals surface area contributed by atoms with Gasteiger partial charge in [0.1, 0.15) is 19.3 Å². The van der Waals surface area contributed by atoms with Gasteiger partial charge in [-0.05, 0) is 37.5 Å². The van der Waals surface area contributed by atoms with Crippen molar-refractivity contribution in [2.45, 2.75) is 400 Å². The quantitative estimate of drug-likeness (QED) is 0.0222. The molecule has 0 bridgehead atoms. The number of esters is 4. The Labute approximate surface area is 568 Å². The molecule has 0 saturated heterocycles. The maximum Gasteiger partial charge on any atom is 0.472 e. The summed E-state index contributed by atoms with van der Waals surface area (Å²) in [6.07, 6.45) is 52.8. The molecule has 3 N–H and O–H groups in total. The third kappa shape index (κ3) is 68.4. The van der Waals surface area contributed by atoms with Crippen molar-refractivity contribution in [3.63, 3.8) is 0 Å². The summed E-state index contributed by atoms with van der Waals surface area (Å²) in [5.41, 5.74) is 0. The Hall–Kier alpha value is -1.94. The van der Waals surface area contributed by atoms with Crippen LogP contribution < -0.4 is 0 Å². The average Bonchev–Trinajstić information content (AvgIpc) is 2.09. The van der Waals surface area contributed by atoms with Gasteiger partial charge in [-0.1, -0.05) is 330 Å². The lowest BCUT2D eigenvalue weighted by atomic mass is 10.0. The highest BCUT2D eigenvalue weighted by atomic mass is 31.2. The van der Waals surface area contributed by atoms with E-state index in [1.807, 2.05) is 0 Å². The predicted octanol–water partition coefficient (Wildman–Crippen LogP) is 21.6. The maximum atomic E-state index is 13.1. The number of ether oxygens (including phenoxy) is 4. The number of aliphatic hydroxyl groups excluding tert-OH is 1. The largest absolute Gasteiger partial charge is 0.472 e. The predicted molar refractivity (Wildman–Crippen MR) is 377 cm³/mol. The Bertz CT molecular complexity index is 1800. The summed E-state index contributed by atoms with van der Waals surface area (Å²) in [5, 5.41) is 10.6. The summed E-state index contributed by atoms with van der Waals surface area (Å²) in [4.78, 5) is 72.7. The standard InChI is InChI=1S/C74H144O17P2/c1-7-9-11-13-15-17-19-21-23-24-25-27-29-33-39-46-52-58-73(78)90-69(62-84-71(76)56-50-44-38-32-28-26-22-20-18-16-14-12-10-8-2)64-88-92(80,81)86-60-68(75)61-87-93(82,83)89-65-70(63-85-72(77)57-51-45-41-35-37-43-49-55-67(5)6)91-74(79)59-53-47-40-34-30-31-36-42-48-54-66(3)4/h66-70,75H,7-65H2,1-6H3,(H,80,81)(H,82,83)/t68-,69-,70-/m1/s1. The zero-order chi connectivity index (χ0) is 68.6. The molecule has 0 aliphatic rings. The van der Waals surface area contributed by atoms with E-state index in [0.717, 1.165) is 102 Å². The van der Waals surface area contributed by atoms with Gasteiger partial charge in [0.2, 0.25) is 0 Å². The summed E-state index contributed by atoms with van der Waals surface area (Å²) in [7, 11) is -9.91. The van der Waals surface area contributed by atoms with E-state index in [0.29, 0.717) is 31.6 Å². The SMILES string of the molecule is CCCCCCCCCCCCCCCCCCCC(=O)O[C@H](COC(=O)CCCCCCCCCCCCCCCC)COP(=O)(O)OC[C@@H](O)COP(=O)(O)OC[C@@H](COC(=O)CCCCCCCCCC(C)C)OC(=O)CCCCCCCCCCCC(C)C. The van der Waals surface area contributed by atoms with E-state index in [2.05, 4.69) is 41.5 Å². The summed E-state index contributed by atoms with van der Waals surface area (Å²) < 4.78 is 68.4. The van der Waals surface area contributed by atoms with Gasteiger partial charge >= 0.3 is 39.5 Å². The molecular formula is C74H144O17P2. The topological polar surface area (TPSA) is 237 Å². The Balaban J connectivity index is 5.24. The fourth-order valence-electron chi connectivity index (χ4n) is 11.3. The number of unbranched alkanes of at least 4 members (excludes halogenated alkanes) is 43. The number of rotatable bonds is 73. The van der Waals surface area contributed by atoms with Gasteiger partial charge in [0.25, 0.3) is 0 Å². The highest BCUT2D eigenvalue weighted by Crippen LogP contribution is 2.45. The van der Waals surface area contributed by atoms with E-state index >= 15 is 0 Å². The minimum atomic E-state index is -4.96. The van der Waals surface area contributed by atoms with Gasteiger partial charge in [-0.3, -0.25) is 37.3 Å². The first-order valence-corrected chi connectivity index (χ1v) is 41.5. The molecule has 19 heteroatoms. The second-order valence-corrected chi connectivity index (χ2v) is 30.5. The lowest BCUT2D eigenvalue weighted by molar-refractivity contribution is -0.161. The fourth-order valence-corrected chi connectivity index (χ4v) is 12.9. The van der Waals surface area contributed by atoms with E-state index in [4.69, 9.17) is 37.0 Å². The molecule has 0 aliphatic heterocycles. The normalized spacial score (nSPS) is 14.1. The van der Waals surface area contributed by atoms with Crippen LogP contribution in [0.2, 0.25) is 0 Å². The minimum absolute atomic E-state index is 0.105. The third-order valence-electron chi connectivity index (χ3n) is 17.2. The molecule has 17 nitrogen and oxygen atoms in total. The van der Waals surface area contributed by atoms with E-state index in [1.165, 1.54) is 193 Å². The molecule has 552 valence electrons. The summed E-state index contributed by atoms with van der Waals surface area (Å²) >= 11 is 0. The van der Waals surface area contributed by atoms with Crippen molar-refractivity contribution in [1.82, 2.24) is 0 Å². The number of aliphatic hydroxyl groups is 1. The molecule has 0 heterocycles. The Morgan fingerprint density at radius 3 is 0.731 bits per heavy atom. The van der Waals surface area contributed by atoms with Crippen LogP contribution in [0.15, 0.2) is 0 Å². The van der Waals surface area contributed by atoms with Gasteiger partial charge in [-0.25, -0.2) is 9.13 Å². The molecule has 0 aromatic carbocycles. The molecule has 2 unspecified atom stereocenters. The molecule has 0 spiro atoms. The zero-order valence-electron chi connectivity index (χ0n) is 60.6. The first-order chi connectivity index (χ1) is 44.9. The molecule has 0 aromatic heterocycles. The van der Waals surface area contributed by atoms with Gasteiger partial charge in [-0.15, -0.1) is 0 Å². The number of phosphoric acid groups is 2. The fraction of sp³-hybridized carbons (Fsp3) is 0.946. The van der Waals surface area contributed by atoms with E-state index in [-0.39, 0.29) is 25.7 Å². The second kappa shape index (κ2) is 66.0. The smallest absolute Gasteiger partial charge is 0.462 e. The van der Waals surface area contributed by atoms with Crippen LogP contribution in [0, 0.1) is 11.8 Å². The van der Waals surface area contributed by atoms with Gasteiger partial charge in [0.05, 0.1) is 26.4 Å². The molecule has 0 aromatic rings. The lowest BCUT2D eigenvalue weighted by Gasteiger charge is -2.21. The molecular weight excluding hydrogens is 1220 g/mol. The minimum Gasteiger partial charge on any atom is -0.462 e. The highest BCUT2D eigenvalue weighted by molar-refractivity contribution is 7.47. The molecule has 93 heavy (non-hydrogen) atoms. The summed E-state index contributed by atoms with van der Waals surface area (Å²) in [6.45, 7) is 9.51. The Kier molecular flexibility index (Phi) is 64.6. The third-order valence-corrected chi connectivity index (χ3v) is 19.1. The molecule has 5 atom stereocenters. The van der Waals surface area contributed by atoms with E-state index < -0.39 is 97.5 Å². The van der Waals surface area contributed by atoms with E-state index in [1.54, 1.807) is 0 Å². The number of carbonyl (C=O) groups is 4. The summed E-state index contributed by atoms with van der Waals surface area (Å²) in [5.74, 6) is -0.677. The monoisotopic (exact) mass is 1370 g/mol. The molecule has 0 rings (SSSR count). The first kappa shape index (κ1) is 91.1. The van der Waals surface area contributed by atoms with Gasteiger partial charge in [0.15, 0.2) is 12.2 Å². The van der Waals surface area contributed by atoms with Gasteiger partial charge in [0, 0.05) is 25.7 Å². The van der Waals surface area contributed by atoms with Crippen LogP contribution in [0.5, 0.6) is 0 Å². The lowest BCUT2D eigenvalue weighted by Crippen LogP contribution is -2.30. The molecule has 0 fully saturated rings. The second-order valence-electron chi connectivity index (χ2n) is 27.6. The van der Waals surface area contributed by atoms with Crippen molar-refractivity contribution in [3.8, 4) is 0 Å². The van der Waals surface area contributed by atoms with Crippen molar-refractivity contribution < 1.29 is 80.2 Å². The van der Waals surface area contributed by atoms with Crippen LogP contribution in [0.1, 0.15) is 382 Å². The van der Waals surface area contributed by atoms with Crippen molar-refractivity contribution in [1.29, 1.82) is 0 Å². The summed E-state index contributed by atoms with van der Waals surface area (Å²) in [6, 6.07) is 0. The van der Waals surface area contributed by atoms with Crippen LogP contribution in [0.4, 0.5) is 0 Å². The van der Waals surface area contributed by atoms with Gasteiger partial charge in [-0.2, -0.15) is 0 Å². The van der Waals surface area contributed by atoms with Gasteiger partial charge < -0.3 is 33.8 Å². The average molecular weight is 1370 g/mol.